The van der Waals surface area contributed by atoms with Crippen molar-refractivity contribution in [1.82, 2.24) is 15.0 Å². The first kappa shape index (κ1) is 18.1. The van der Waals surface area contributed by atoms with Crippen molar-refractivity contribution in [2.24, 2.45) is 0 Å². The summed E-state index contributed by atoms with van der Waals surface area (Å²) in [5, 5.41) is 5.05. The van der Waals surface area contributed by atoms with Crippen LogP contribution in [0.3, 0.4) is 0 Å². The fourth-order valence-electron chi connectivity index (χ4n) is 2.60. The first-order chi connectivity index (χ1) is 14.1. The molecule has 144 valence electrons. The minimum Gasteiger partial charge on any atom is -0.455 e. The Balaban J connectivity index is 1.50. The number of nitrogens with one attached hydrogen (secondary N) is 3. The molecule has 0 saturated carbocycles. The van der Waals surface area contributed by atoms with E-state index in [0.717, 1.165) is 12.3 Å². The van der Waals surface area contributed by atoms with Gasteiger partial charge in [0.05, 0.1) is 11.9 Å². The zero-order chi connectivity index (χ0) is 20.2. The number of amides is 2. The third kappa shape index (κ3) is 4.19. The lowest BCUT2D eigenvalue weighted by atomic mass is 10.3. The molecule has 0 aliphatic rings. The zero-order valence-electron chi connectivity index (χ0n) is 14.8. The van der Waals surface area contributed by atoms with Crippen molar-refractivity contribution in [3.05, 3.63) is 83.2 Å². The minimum atomic E-state index is -0.676. The molecule has 0 saturated heterocycles. The number of carbonyl (C=O) groups is 1. The average Bonchev–Trinajstić information content (AvgIpc) is 2.71. The molecule has 0 aliphatic heterocycles. The lowest BCUT2D eigenvalue weighted by Crippen LogP contribution is -2.20. The van der Waals surface area contributed by atoms with Crippen LogP contribution in [0.15, 0.2) is 71.8 Å². The van der Waals surface area contributed by atoms with E-state index in [1.165, 1.54) is 18.3 Å². The average molecular weight is 391 g/mol. The van der Waals surface area contributed by atoms with Crippen LogP contribution in [0.2, 0.25) is 0 Å². The molecule has 2 heterocycles. The molecule has 9 heteroatoms. The lowest BCUT2D eigenvalue weighted by Gasteiger charge is -2.11. The number of carbonyl (C=O) groups excluding carboxylic acids is 1. The van der Waals surface area contributed by atoms with Gasteiger partial charge in [0.1, 0.15) is 17.1 Å². The Morgan fingerprint density at radius 1 is 1.03 bits per heavy atom. The van der Waals surface area contributed by atoms with Gasteiger partial charge >= 0.3 is 6.03 Å². The van der Waals surface area contributed by atoms with Gasteiger partial charge in [-0.3, -0.25) is 4.79 Å². The van der Waals surface area contributed by atoms with E-state index in [2.05, 4.69) is 25.6 Å². The Hall–Kier alpha value is -4.27. The standard InChI is InChI=1S/C20H14FN5O3/c21-14-10-13(29-16-8-9-22-19-18(16)23-11-17(27)26-19)6-7-15(14)25-20(28)24-12-4-2-1-3-5-12/h1-11H,(H,22,26,27)(H2,24,25,28). The molecular weight excluding hydrogens is 377 g/mol. The van der Waals surface area contributed by atoms with Crippen molar-refractivity contribution >= 4 is 28.6 Å². The number of halogens is 1. The quantitative estimate of drug-likeness (QED) is 0.489. The second kappa shape index (κ2) is 7.77. The number of urea groups is 1. The molecule has 3 N–H and O–H groups in total. The largest absolute Gasteiger partial charge is 0.455 e. The molecule has 0 atom stereocenters. The van der Waals surface area contributed by atoms with E-state index in [4.69, 9.17) is 4.74 Å². The second-order valence-electron chi connectivity index (χ2n) is 5.94. The third-order valence-electron chi connectivity index (χ3n) is 3.89. The number of benzene rings is 2. The van der Waals surface area contributed by atoms with Crippen molar-refractivity contribution < 1.29 is 13.9 Å². The van der Waals surface area contributed by atoms with Gasteiger partial charge in [0.2, 0.25) is 0 Å². The molecule has 2 amide bonds. The highest BCUT2D eigenvalue weighted by atomic mass is 19.1. The van der Waals surface area contributed by atoms with Gasteiger partial charge in [0.15, 0.2) is 11.4 Å². The van der Waals surface area contributed by atoms with Gasteiger partial charge in [-0.25, -0.2) is 19.2 Å². The summed E-state index contributed by atoms with van der Waals surface area (Å²) in [4.78, 5) is 33.9. The van der Waals surface area contributed by atoms with Crippen molar-refractivity contribution in [3.63, 3.8) is 0 Å². The van der Waals surface area contributed by atoms with E-state index in [-0.39, 0.29) is 17.1 Å². The number of nitrogens with zero attached hydrogens (tertiary/aromatic N) is 2. The van der Waals surface area contributed by atoms with Crippen molar-refractivity contribution in [2.75, 3.05) is 10.6 Å². The van der Waals surface area contributed by atoms with Gasteiger partial charge in [-0.05, 0) is 24.3 Å². The number of rotatable bonds is 4. The maximum Gasteiger partial charge on any atom is 0.323 e. The molecule has 0 radical (unpaired) electrons. The van der Waals surface area contributed by atoms with Gasteiger partial charge in [-0.1, -0.05) is 18.2 Å². The van der Waals surface area contributed by atoms with Crippen LogP contribution in [0.5, 0.6) is 11.5 Å². The Bertz CT molecular complexity index is 1240. The van der Waals surface area contributed by atoms with Crippen LogP contribution in [0.25, 0.3) is 11.2 Å². The maximum atomic E-state index is 14.4. The van der Waals surface area contributed by atoms with Crippen LogP contribution in [-0.4, -0.2) is 21.0 Å². The highest BCUT2D eigenvalue weighted by Gasteiger charge is 2.11. The highest BCUT2D eigenvalue weighted by molar-refractivity contribution is 5.99. The van der Waals surface area contributed by atoms with Gasteiger partial charge in [0, 0.05) is 24.0 Å². The fourth-order valence-corrected chi connectivity index (χ4v) is 2.60. The van der Waals surface area contributed by atoms with Crippen LogP contribution in [0, 0.1) is 5.82 Å². The number of aromatic nitrogens is 3. The molecule has 8 nitrogen and oxygen atoms in total. The van der Waals surface area contributed by atoms with E-state index in [0.29, 0.717) is 17.0 Å². The van der Waals surface area contributed by atoms with Crippen LogP contribution in [0.1, 0.15) is 0 Å². The zero-order valence-corrected chi connectivity index (χ0v) is 14.8. The van der Waals surface area contributed by atoms with E-state index in [9.17, 15) is 14.0 Å². The van der Waals surface area contributed by atoms with E-state index < -0.39 is 17.4 Å². The normalized spacial score (nSPS) is 10.5. The number of aromatic amines is 1. The number of hydrogen-bond donors (Lipinski definition) is 3. The predicted molar refractivity (Wildman–Crippen MR) is 106 cm³/mol. The molecule has 0 bridgehead atoms. The monoisotopic (exact) mass is 391 g/mol. The van der Waals surface area contributed by atoms with Crippen LogP contribution < -0.4 is 20.9 Å². The summed E-state index contributed by atoms with van der Waals surface area (Å²) >= 11 is 0. The molecule has 4 rings (SSSR count). The Kier molecular flexibility index (Phi) is 4.85. The lowest BCUT2D eigenvalue weighted by molar-refractivity contribution is 0.262. The number of anilines is 2. The number of H-pyrrole nitrogens is 1. The van der Waals surface area contributed by atoms with Crippen LogP contribution >= 0.6 is 0 Å². The van der Waals surface area contributed by atoms with Crippen LogP contribution in [0.4, 0.5) is 20.6 Å². The van der Waals surface area contributed by atoms with Crippen LogP contribution in [-0.2, 0) is 0 Å². The van der Waals surface area contributed by atoms with E-state index in [1.54, 1.807) is 30.3 Å². The number of ether oxygens (including phenoxy) is 1. The summed E-state index contributed by atoms with van der Waals surface area (Å²) in [5.74, 6) is -0.185. The smallest absolute Gasteiger partial charge is 0.323 e. The predicted octanol–water partition coefficient (Wildman–Crippen LogP) is 3.89. The maximum absolute atomic E-state index is 14.4. The summed E-state index contributed by atoms with van der Waals surface area (Å²) in [6, 6.07) is 13.8. The number of para-hydroxylation sites is 1. The van der Waals surface area contributed by atoms with Crippen molar-refractivity contribution in [3.8, 4) is 11.5 Å². The summed E-state index contributed by atoms with van der Waals surface area (Å²) in [5.41, 5.74) is 0.772. The molecule has 29 heavy (non-hydrogen) atoms. The van der Waals surface area contributed by atoms with Crippen molar-refractivity contribution in [2.45, 2.75) is 0 Å². The SMILES string of the molecule is O=C(Nc1ccccc1)Nc1ccc(Oc2ccnc3[nH]c(=O)cnc23)cc1F. The molecule has 2 aromatic heterocycles. The molecule has 0 spiro atoms. The Labute approximate surface area is 163 Å². The number of hydrogen-bond acceptors (Lipinski definition) is 5. The van der Waals surface area contributed by atoms with Crippen molar-refractivity contribution in [1.29, 1.82) is 0 Å². The van der Waals surface area contributed by atoms with E-state index >= 15 is 0 Å². The topological polar surface area (TPSA) is 109 Å². The first-order valence-electron chi connectivity index (χ1n) is 8.53. The molecule has 0 fully saturated rings. The molecule has 2 aromatic carbocycles. The van der Waals surface area contributed by atoms with Gasteiger partial charge < -0.3 is 20.4 Å². The summed E-state index contributed by atoms with van der Waals surface area (Å²) < 4.78 is 20.1. The number of fused-ring (bicyclic) bond motifs is 1. The summed E-state index contributed by atoms with van der Waals surface area (Å²) in [7, 11) is 0. The summed E-state index contributed by atoms with van der Waals surface area (Å²) in [6.45, 7) is 0. The third-order valence-corrected chi connectivity index (χ3v) is 3.89. The highest BCUT2D eigenvalue weighted by Crippen LogP contribution is 2.28. The van der Waals surface area contributed by atoms with E-state index in [1.807, 2.05) is 6.07 Å². The Morgan fingerprint density at radius 2 is 1.86 bits per heavy atom. The molecule has 0 aliphatic carbocycles. The van der Waals surface area contributed by atoms with Gasteiger partial charge in [0.25, 0.3) is 5.56 Å². The number of pyridine rings is 1. The van der Waals surface area contributed by atoms with Gasteiger partial charge in [-0.2, -0.15) is 0 Å². The fraction of sp³-hybridized carbons (Fsp3) is 0. The Morgan fingerprint density at radius 3 is 2.66 bits per heavy atom. The minimum absolute atomic E-state index is 0.00665. The summed E-state index contributed by atoms with van der Waals surface area (Å²) in [6.07, 6.45) is 2.55. The molecule has 4 aromatic rings. The molecular formula is C20H14FN5O3. The molecule has 0 unspecified atom stereocenters. The second-order valence-corrected chi connectivity index (χ2v) is 5.94. The first-order valence-corrected chi connectivity index (χ1v) is 8.53. The van der Waals surface area contributed by atoms with Gasteiger partial charge in [-0.15, -0.1) is 0 Å².